The maximum absolute atomic E-state index is 12.1. The zero-order valence-electron chi connectivity index (χ0n) is 14.5. The van der Waals surface area contributed by atoms with Gasteiger partial charge < -0.3 is 9.42 Å². The Bertz CT molecular complexity index is 795. The number of amides is 1. The lowest BCUT2D eigenvalue weighted by molar-refractivity contribution is -0.131. The minimum Gasteiger partial charge on any atom is -0.340 e. The molecule has 3 rings (SSSR count). The van der Waals surface area contributed by atoms with E-state index in [0.717, 1.165) is 31.6 Å². The minimum absolute atomic E-state index is 0.0146. The first-order valence-corrected chi connectivity index (χ1v) is 8.33. The molecule has 0 radical (unpaired) electrons. The molecule has 0 N–H and O–H groups in total. The minimum atomic E-state index is 0.0146. The van der Waals surface area contributed by atoms with E-state index >= 15 is 0 Å². The quantitative estimate of drug-likeness (QED) is 0.826. The molecule has 2 aromatic rings. The van der Waals surface area contributed by atoms with E-state index in [4.69, 9.17) is 9.78 Å². The van der Waals surface area contributed by atoms with Gasteiger partial charge in [0, 0.05) is 39.5 Å². The van der Waals surface area contributed by atoms with Gasteiger partial charge in [-0.3, -0.25) is 9.69 Å². The van der Waals surface area contributed by atoms with E-state index in [0.29, 0.717) is 23.8 Å². The first-order valence-electron chi connectivity index (χ1n) is 8.33. The molecule has 7 nitrogen and oxygen atoms in total. The van der Waals surface area contributed by atoms with Gasteiger partial charge in [0.2, 0.25) is 11.8 Å². The van der Waals surface area contributed by atoms with Crippen molar-refractivity contribution >= 4 is 5.91 Å². The molecule has 1 aliphatic heterocycles. The summed E-state index contributed by atoms with van der Waals surface area (Å²) in [7, 11) is 0. The maximum atomic E-state index is 12.1. The number of carbonyl (C=O) groups is 1. The molecule has 25 heavy (non-hydrogen) atoms. The van der Waals surface area contributed by atoms with Crippen LogP contribution in [0.1, 0.15) is 36.2 Å². The standard InChI is InChI=1S/C18H21N5O2/c1-13-20-18(21-25-13)12-23(14(2)24)17-6-7-22(11-17)10-16-5-3-4-15(8-16)9-19/h3-5,8,17H,6-7,10-12H2,1-2H3/t17-/m1/s1. The molecule has 0 aliphatic carbocycles. The Morgan fingerprint density at radius 1 is 1.52 bits per heavy atom. The van der Waals surface area contributed by atoms with Gasteiger partial charge in [0.1, 0.15) is 0 Å². The van der Waals surface area contributed by atoms with Crippen LogP contribution in [-0.4, -0.2) is 45.0 Å². The number of rotatable bonds is 5. The summed E-state index contributed by atoms with van der Waals surface area (Å²) in [6, 6.07) is 9.96. The number of nitriles is 1. The number of benzene rings is 1. The smallest absolute Gasteiger partial charge is 0.223 e. The predicted octanol–water partition coefficient (Wildman–Crippen LogP) is 1.87. The molecule has 1 atom stereocenters. The van der Waals surface area contributed by atoms with E-state index in [1.165, 1.54) is 0 Å². The zero-order chi connectivity index (χ0) is 17.8. The number of carbonyl (C=O) groups excluding carboxylic acids is 1. The van der Waals surface area contributed by atoms with Crippen LogP contribution in [0.5, 0.6) is 0 Å². The number of likely N-dealkylation sites (tertiary alicyclic amines) is 1. The molecule has 7 heteroatoms. The summed E-state index contributed by atoms with van der Waals surface area (Å²) in [5.74, 6) is 1.05. The van der Waals surface area contributed by atoms with E-state index in [1.807, 2.05) is 23.1 Å². The van der Waals surface area contributed by atoms with Gasteiger partial charge in [0.05, 0.1) is 18.2 Å². The number of aryl methyl sites for hydroxylation is 1. The number of aromatic nitrogens is 2. The summed E-state index contributed by atoms with van der Waals surface area (Å²) < 4.78 is 4.99. The van der Waals surface area contributed by atoms with Crippen molar-refractivity contribution < 1.29 is 9.32 Å². The number of hydrogen-bond donors (Lipinski definition) is 0. The second-order valence-corrected chi connectivity index (χ2v) is 6.37. The SMILES string of the molecule is CC(=O)N(Cc1noc(C)n1)[C@@H]1CCN(Cc2cccc(C#N)c2)C1. The third-order valence-corrected chi connectivity index (χ3v) is 4.44. The van der Waals surface area contributed by atoms with E-state index in [1.54, 1.807) is 19.9 Å². The van der Waals surface area contributed by atoms with Crippen LogP contribution in [0.3, 0.4) is 0 Å². The van der Waals surface area contributed by atoms with Gasteiger partial charge in [-0.15, -0.1) is 0 Å². The maximum Gasteiger partial charge on any atom is 0.223 e. The lowest BCUT2D eigenvalue weighted by Gasteiger charge is -2.27. The molecule has 0 bridgehead atoms. The summed E-state index contributed by atoms with van der Waals surface area (Å²) in [5.41, 5.74) is 1.79. The van der Waals surface area contributed by atoms with Crippen molar-refractivity contribution in [3.63, 3.8) is 0 Å². The average Bonchev–Trinajstić information content (AvgIpc) is 3.21. The van der Waals surface area contributed by atoms with Crippen molar-refractivity contribution in [1.29, 1.82) is 5.26 Å². The Balaban J connectivity index is 1.63. The second-order valence-electron chi connectivity index (χ2n) is 6.37. The van der Waals surface area contributed by atoms with Crippen molar-refractivity contribution in [2.75, 3.05) is 13.1 Å². The van der Waals surface area contributed by atoms with Gasteiger partial charge in [0.25, 0.3) is 0 Å². The lowest BCUT2D eigenvalue weighted by atomic mass is 10.1. The highest BCUT2D eigenvalue weighted by Crippen LogP contribution is 2.20. The monoisotopic (exact) mass is 339 g/mol. The van der Waals surface area contributed by atoms with Crippen molar-refractivity contribution in [1.82, 2.24) is 19.9 Å². The fraction of sp³-hybridized carbons (Fsp3) is 0.444. The predicted molar refractivity (Wildman–Crippen MR) is 90.1 cm³/mol. The highest BCUT2D eigenvalue weighted by molar-refractivity contribution is 5.73. The molecule has 1 saturated heterocycles. The number of nitrogens with zero attached hydrogens (tertiary/aromatic N) is 5. The molecule has 0 saturated carbocycles. The van der Waals surface area contributed by atoms with Gasteiger partial charge >= 0.3 is 0 Å². The van der Waals surface area contributed by atoms with Crippen molar-refractivity contribution in [3.05, 3.63) is 47.1 Å². The molecule has 1 aromatic heterocycles. The molecule has 1 aliphatic rings. The Kier molecular flexibility index (Phi) is 5.10. The van der Waals surface area contributed by atoms with Crippen LogP contribution in [0.4, 0.5) is 0 Å². The van der Waals surface area contributed by atoms with Crippen LogP contribution in [0.2, 0.25) is 0 Å². The Labute approximate surface area is 146 Å². The summed E-state index contributed by atoms with van der Waals surface area (Å²) in [5, 5.41) is 12.9. The summed E-state index contributed by atoms with van der Waals surface area (Å²) in [6.45, 7) is 6.17. The molecule has 0 spiro atoms. The Morgan fingerprint density at radius 2 is 2.36 bits per heavy atom. The Hall–Kier alpha value is -2.72. The van der Waals surface area contributed by atoms with Crippen LogP contribution in [0.15, 0.2) is 28.8 Å². The normalized spacial score (nSPS) is 17.4. The molecule has 0 unspecified atom stereocenters. The van der Waals surface area contributed by atoms with E-state index in [9.17, 15) is 4.79 Å². The van der Waals surface area contributed by atoms with Crippen molar-refractivity contribution in [2.45, 2.75) is 39.4 Å². The van der Waals surface area contributed by atoms with Crippen LogP contribution in [0.25, 0.3) is 0 Å². The van der Waals surface area contributed by atoms with Gasteiger partial charge in [-0.25, -0.2) is 0 Å². The van der Waals surface area contributed by atoms with Gasteiger partial charge in [-0.05, 0) is 24.1 Å². The topological polar surface area (TPSA) is 86.3 Å². The average molecular weight is 339 g/mol. The molecular formula is C18H21N5O2. The first-order chi connectivity index (χ1) is 12.0. The fourth-order valence-electron chi connectivity index (χ4n) is 3.26. The van der Waals surface area contributed by atoms with E-state index < -0.39 is 0 Å². The zero-order valence-corrected chi connectivity index (χ0v) is 14.5. The number of hydrogen-bond acceptors (Lipinski definition) is 6. The summed E-state index contributed by atoms with van der Waals surface area (Å²) in [4.78, 5) is 20.4. The van der Waals surface area contributed by atoms with Crippen LogP contribution < -0.4 is 0 Å². The molecule has 1 fully saturated rings. The molecular weight excluding hydrogens is 318 g/mol. The van der Waals surface area contributed by atoms with Crippen molar-refractivity contribution in [3.8, 4) is 6.07 Å². The van der Waals surface area contributed by atoms with Crippen molar-refractivity contribution in [2.24, 2.45) is 0 Å². The first kappa shape index (κ1) is 17.1. The molecule has 1 amide bonds. The van der Waals surface area contributed by atoms with Gasteiger partial charge in [0.15, 0.2) is 5.82 Å². The van der Waals surface area contributed by atoms with Crippen LogP contribution in [0, 0.1) is 18.3 Å². The van der Waals surface area contributed by atoms with Gasteiger partial charge in [-0.2, -0.15) is 10.2 Å². The third-order valence-electron chi connectivity index (χ3n) is 4.44. The molecule has 2 heterocycles. The summed E-state index contributed by atoms with van der Waals surface area (Å²) >= 11 is 0. The van der Waals surface area contributed by atoms with Gasteiger partial charge in [-0.1, -0.05) is 17.3 Å². The van der Waals surface area contributed by atoms with Crippen LogP contribution in [-0.2, 0) is 17.9 Å². The lowest BCUT2D eigenvalue weighted by Crippen LogP contribution is -2.40. The second kappa shape index (κ2) is 7.45. The van der Waals surface area contributed by atoms with E-state index in [2.05, 4.69) is 21.1 Å². The molecule has 130 valence electrons. The fourth-order valence-corrected chi connectivity index (χ4v) is 3.26. The largest absolute Gasteiger partial charge is 0.340 e. The third kappa shape index (κ3) is 4.22. The Morgan fingerprint density at radius 3 is 3.04 bits per heavy atom. The van der Waals surface area contributed by atoms with Crippen LogP contribution >= 0.6 is 0 Å². The highest BCUT2D eigenvalue weighted by atomic mass is 16.5. The summed E-state index contributed by atoms with van der Waals surface area (Å²) in [6.07, 6.45) is 0.911. The highest BCUT2D eigenvalue weighted by Gasteiger charge is 2.30. The van der Waals surface area contributed by atoms with E-state index in [-0.39, 0.29) is 11.9 Å². The molecule has 1 aromatic carbocycles.